The SMILES string of the molecule is CCCCCCn1c(CC)nc2c(c1=O)c1nc3ccccc3nc1n2-c1cccc(F)c1. The van der Waals surface area contributed by atoms with E-state index in [-0.39, 0.29) is 11.4 Å². The Labute approximate surface area is 190 Å². The summed E-state index contributed by atoms with van der Waals surface area (Å²) < 4.78 is 17.7. The lowest BCUT2D eigenvalue weighted by atomic mass is 10.2. The summed E-state index contributed by atoms with van der Waals surface area (Å²) in [5, 5.41) is 0.431. The molecule has 5 aromatic rings. The summed E-state index contributed by atoms with van der Waals surface area (Å²) in [5.41, 5.74) is 3.34. The summed E-state index contributed by atoms with van der Waals surface area (Å²) in [6.45, 7) is 4.79. The maximum Gasteiger partial charge on any atom is 0.265 e. The monoisotopic (exact) mass is 443 g/mol. The number of rotatable bonds is 7. The average molecular weight is 444 g/mol. The second-order valence-corrected chi connectivity index (χ2v) is 8.30. The molecule has 0 N–H and O–H groups in total. The van der Waals surface area contributed by atoms with Crippen LogP contribution in [0.15, 0.2) is 53.3 Å². The number of aromatic nitrogens is 5. The average Bonchev–Trinajstić information content (AvgIpc) is 3.14. The highest BCUT2D eigenvalue weighted by molar-refractivity contribution is 6.05. The lowest BCUT2D eigenvalue weighted by Crippen LogP contribution is -2.25. The minimum absolute atomic E-state index is 0.113. The van der Waals surface area contributed by atoms with Crippen LogP contribution in [0.4, 0.5) is 4.39 Å². The Morgan fingerprint density at radius 3 is 2.39 bits per heavy atom. The number of hydrogen-bond acceptors (Lipinski definition) is 4. The number of para-hydroxylation sites is 2. The van der Waals surface area contributed by atoms with Crippen LogP contribution in [-0.4, -0.2) is 24.1 Å². The van der Waals surface area contributed by atoms with Crippen molar-refractivity contribution in [2.24, 2.45) is 0 Å². The molecule has 0 bridgehead atoms. The van der Waals surface area contributed by atoms with Crippen molar-refractivity contribution in [2.45, 2.75) is 52.5 Å². The molecular formula is C26H26FN5O. The predicted molar refractivity (Wildman–Crippen MR) is 129 cm³/mol. The lowest BCUT2D eigenvalue weighted by molar-refractivity contribution is 0.548. The van der Waals surface area contributed by atoms with Crippen LogP contribution in [0.25, 0.3) is 38.9 Å². The fourth-order valence-electron chi connectivity index (χ4n) is 4.43. The van der Waals surface area contributed by atoms with Crippen molar-refractivity contribution in [3.63, 3.8) is 0 Å². The standard InChI is InChI=1S/C26H26FN5O/c1-3-5-6-9-15-31-21(4-2)30-24-22(26(31)33)23-25(29-20-14-8-7-13-19(20)28-23)32(24)18-12-10-11-17(27)16-18/h7-8,10-14,16H,3-6,9,15H2,1-2H3. The minimum atomic E-state index is -0.365. The highest BCUT2D eigenvalue weighted by Crippen LogP contribution is 2.29. The van der Waals surface area contributed by atoms with Gasteiger partial charge in [-0.1, -0.05) is 51.3 Å². The molecule has 3 aromatic heterocycles. The smallest absolute Gasteiger partial charge is 0.265 e. The normalized spacial score (nSPS) is 11.7. The molecule has 0 fully saturated rings. The second-order valence-electron chi connectivity index (χ2n) is 8.30. The van der Waals surface area contributed by atoms with Crippen LogP contribution >= 0.6 is 0 Å². The fourth-order valence-corrected chi connectivity index (χ4v) is 4.43. The molecule has 33 heavy (non-hydrogen) atoms. The Morgan fingerprint density at radius 1 is 0.879 bits per heavy atom. The number of nitrogens with zero attached hydrogens (tertiary/aromatic N) is 5. The molecule has 0 amide bonds. The zero-order valence-corrected chi connectivity index (χ0v) is 18.9. The van der Waals surface area contributed by atoms with Gasteiger partial charge in [0.15, 0.2) is 11.3 Å². The molecule has 0 unspecified atom stereocenters. The van der Waals surface area contributed by atoms with Crippen molar-refractivity contribution in [3.8, 4) is 5.69 Å². The molecule has 0 aliphatic heterocycles. The van der Waals surface area contributed by atoms with Crippen molar-refractivity contribution in [1.29, 1.82) is 0 Å². The minimum Gasteiger partial charge on any atom is -0.296 e. The molecule has 5 rings (SSSR count). The highest BCUT2D eigenvalue weighted by Gasteiger charge is 2.22. The number of benzene rings is 2. The maximum atomic E-state index is 14.2. The number of unbranched alkanes of at least 4 members (excludes halogenated alkanes) is 3. The number of aryl methyl sites for hydroxylation is 1. The van der Waals surface area contributed by atoms with Gasteiger partial charge in [-0.15, -0.1) is 0 Å². The van der Waals surface area contributed by atoms with E-state index in [0.29, 0.717) is 57.7 Å². The number of hydrogen-bond donors (Lipinski definition) is 0. The Morgan fingerprint density at radius 2 is 1.67 bits per heavy atom. The van der Waals surface area contributed by atoms with Gasteiger partial charge in [0.25, 0.3) is 5.56 Å². The molecule has 0 saturated heterocycles. The molecule has 168 valence electrons. The summed E-state index contributed by atoms with van der Waals surface area (Å²) in [6, 6.07) is 13.8. The summed E-state index contributed by atoms with van der Waals surface area (Å²) >= 11 is 0. The molecule has 0 atom stereocenters. The largest absolute Gasteiger partial charge is 0.296 e. The summed E-state index contributed by atoms with van der Waals surface area (Å²) in [5.74, 6) is 0.352. The van der Waals surface area contributed by atoms with E-state index in [2.05, 4.69) is 6.92 Å². The van der Waals surface area contributed by atoms with Gasteiger partial charge in [-0.25, -0.2) is 19.3 Å². The molecule has 0 aliphatic carbocycles. The van der Waals surface area contributed by atoms with E-state index >= 15 is 0 Å². The first-order chi connectivity index (χ1) is 16.1. The van der Waals surface area contributed by atoms with Crippen molar-refractivity contribution in [1.82, 2.24) is 24.1 Å². The van der Waals surface area contributed by atoms with Gasteiger partial charge in [-0.05, 0) is 36.8 Å². The molecular weight excluding hydrogens is 417 g/mol. The zero-order valence-electron chi connectivity index (χ0n) is 18.9. The van der Waals surface area contributed by atoms with Crippen LogP contribution in [0.2, 0.25) is 0 Å². The first-order valence-electron chi connectivity index (χ1n) is 11.6. The van der Waals surface area contributed by atoms with Gasteiger partial charge in [0.05, 0.1) is 16.7 Å². The predicted octanol–water partition coefficient (Wildman–Crippen LogP) is 5.57. The highest BCUT2D eigenvalue weighted by atomic mass is 19.1. The number of fused-ring (bicyclic) bond motifs is 4. The molecule has 0 radical (unpaired) electrons. The number of halogens is 1. The third-order valence-electron chi connectivity index (χ3n) is 6.06. The van der Waals surface area contributed by atoms with Crippen LogP contribution < -0.4 is 5.56 Å². The van der Waals surface area contributed by atoms with E-state index in [9.17, 15) is 9.18 Å². The quantitative estimate of drug-likeness (QED) is 0.309. The fraction of sp³-hybridized carbons (Fsp3) is 0.308. The lowest BCUT2D eigenvalue weighted by Gasteiger charge is -2.12. The molecule has 0 aliphatic rings. The van der Waals surface area contributed by atoms with Gasteiger partial charge < -0.3 is 0 Å². The molecule has 6 nitrogen and oxygen atoms in total. The van der Waals surface area contributed by atoms with Gasteiger partial charge in [0.2, 0.25) is 0 Å². The Kier molecular flexibility index (Phi) is 5.62. The van der Waals surface area contributed by atoms with E-state index in [1.54, 1.807) is 21.3 Å². The third-order valence-corrected chi connectivity index (χ3v) is 6.06. The van der Waals surface area contributed by atoms with Crippen LogP contribution in [0.5, 0.6) is 0 Å². The first-order valence-corrected chi connectivity index (χ1v) is 11.6. The third kappa shape index (κ3) is 3.67. The van der Waals surface area contributed by atoms with Crippen molar-refractivity contribution in [2.75, 3.05) is 0 Å². The van der Waals surface area contributed by atoms with Gasteiger partial charge in [0.1, 0.15) is 22.5 Å². The Bertz CT molecular complexity index is 1540. The molecule has 0 saturated carbocycles. The van der Waals surface area contributed by atoms with E-state index in [4.69, 9.17) is 15.0 Å². The van der Waals surface area contributed by atoms with Crippen LogP contribution in [0.3, 0.4) is 0 Å². The van der Waals surface area contributed by atoms with E-state index in [1.807, 2.05) is 31.2 Å². The Balaban J connectivity index is 1.86. The van der Waals surface area contributed by atoms with E-state index in [0.717, 1.165) is 25.7 Å². The zero-order chi connectivity index (χ0) is 22.9. The molecule has 0 spiro atoms. The van der Waals surface area contributed by atoms with Gasteiger partial charge in [-0.3, -0.25) is 13.9 Å². The van der Waals surface area contributed by atoms with Crippen molar-refractivity contribution in [3.05, 3.63) is 70.5 Å². The topological polar surface area (TPSA) is 65.6 Å². The summed E-state index contributed by atoms with van der Waals surface area (Å²) in [7, 11) is 0. The first kappa shape index (κ1) is 21.2. The van der Waals surface area contributed by atoms with Crippen molar-refractivity contribution >= 4 is 33.2 Å². The molecule has 2 aromatic carbocycles. The van der Waals surface area contributed by atoms with Crippen LogP contribution in [0, 0.1) is 5.82 Å². The molecule has 7 heteroatoms. The Hall–Kier alpha value is -3.61. The second kappa shape index (κ2) is 8.73. The van der Waals surface area contributed by atoms with Gasteiger partial charge in [-0.2, -0.15) is 0 Å². The maximum absolute atomic E-state index is 14.2. The molecule has 3 heterocycles. The van der Waals surface area contributed by atoms with E-state index < -0.39 is 0 Å². The van der Waals surface area contributed by atoms with E-state index in [1.165, 1.54) is 12.1 Å². The van der Waals surface area contributed by atoms with Crippen molar-refractivity contribution < 1.29 is 4.39 Å². The van der Waals surface area contributed by atoms with Crippen LogP contribution in [0.1, 0.15) is 45.4 Å². The van der Waals surface area contributed by atoms with Gasteiger partial charge in [0, 0.05) is 13.0 Å². The van der Waals surface area contributed by atoms with Crippen LogP contribution in [-0.2, 0) is 13.0 Å². The van der Waals surface area contributed by atoms with Gasteiger partial charge >= 0.3 is 0 Å². The summed E-state index contributed by atoms with van der Waals surface area (Å²) in [6.07, 6.45) is 4.88. The summed E-state index contributed by atoms with van der Waals surface area (Å²) in [4.78, 5) is 28.3.